The fraction of sp³-hybridized carbons (Fsp3) is 0.533. The molecular formula is C15H23FN2S. The molecule has 0 fully saturated rings. The van der Waals surface area contributed by atoms with Crippen molar-refractivity contribution in [3.63, 3.8) is 0 Å². The van der Waals surface area contributed by atoms with Gasteiger partial charge in [-0.05, 0) is 38.0 Å². The van der Waals surface area contributed by atoms with Crippen molar-refractivity contribution in [3.8, 4) is 0 Å². The Morgan fingerprint density at radius 2 is 2.11 bits per heavy atom. The third-order valence-corrected chi connectivity index (χ3v) is 4.00. The lowest BCUT2D eigenvalue weighted by Crippen LogP contribution is -2.31. The van der Waals surface area contributed by atoms with E-state index in [0.29, 0.717) is 4.99 Å². The van der Waals surface area contributed by atoms with E-state index in [4.69, 9.17) is 18.0 Å². The second-order valence-electron chi connectivity index (χ2n) is 5.41. The maximum absolute atomic E-state index is 13.2. The van der Waals surface area contributed by atoms with E-state index in [0.717, 1.165) is 31.6 Å². The number of anilines is 1. The molecule has 4 heteroatoms. The Morgan fingerprint density at radius 3 is 2.63 bits per heavy atom. The highest BCUT2D eigenvalue weighted by Crippen LogP contribution is 2.24. The molecule has 1 rings (SSSR count). The fourth-order valence-electron chi connectivity index (χ4n) is 1.98. The molecule has 0 aliphatic heterocycles. The zero-order chi connectivity index (χ0) is 14.5. The summed E-state index contributed by atoms with van der Waals surface area (Å²) in [7, 11) is 0. The van der Waals surface area contributed by atoms with Crippen LogP contribution < -0.4 is 10.6 Å². The van der Waals surface area contributed by atoms with Gasteiger partial charge in [0.2, 0.25) is 0 Å². The molecule has 106 valence electrons. The van der Waals surface area contributed by atoms with Crippen LogP contribution in [0.2, 0.25) is 0 Å². The molecule has 0 saturated carbocycles. The lowest BCUT2D eigenvalue weighted by Gasteiger charge is -2.27. The van der Waals surface area contributed by atoms with Crippen LogP contribution in [0.25, 0.3) is 0 Å². The summed E-state index contributed by atoms with van der Waals surface area (Å²) in [4.78, 5) is 2.72. The van der Waals surface area contributed by atoms with Crippen LogP contribution >= 0.6 is 12.2 Å². The maximum atomic E-state index is 13.2. The Balaban J connectivity index is 2.57. The van der Waals surface area contributed by atoms with Gasteiger partial charge in [-0.1, -0.05) is 32.1 Å². The van der Waals surface area contributed by atoms with Gasteiger partial charge >= 0.3 is 0 Å². The Labute approximate surface area is 120 Å². The molecule has 0 unspecified atom stereocenters. The predicted molar refractivity (Wildman–Crippen MR) is 84.1 cm³/mol. The predicted octanol–water partition coefficient (Wildman–Crippen LogP) is 3.74. The van der Waals surface area contributed by atoms with Gasteiger partial charge in [-0.3, -0.25) is 0 Å². The normalized spacial score (nSPS) is 11.4. The van der Waals surface area contributed by atoms with Crippen LogP contribution in [-0.4, -0.2) is 18.1 Å². The quantitative estimate of drug-likeness (QED) is 0.772. The minimum absolute atomic E-state index is 0.114. The average Bonchev–Trinajstić information content (AvgIpc) is 2.34. The highest BCUT2D eigenvalue weighted by molar-refractivity contribution is 7.80. The first-order valence-corrected chi connectivity index (χ1v) is 7.08. The highest BCUT2D eigenvalue weighted by atomic mass is 32.1. The number of nitrogens with two attached hydrogens (primary N) is 1. The molecule has 19 heavy (non-hydrogen) atoms. The van der Waals surface area contributed by atoms with Crippen molar-refractivity contribution in [2.24, 2.45) is 11.1 Å². The molecule has 0 amide bonds. The van der Waals surface area contributed by atoms with Gasteiger partial charge in [-0.25, -0.2) is 4.39 Å². The van der Waals surface area contributed by atoms with Crippen LogP contribution in [0.3, 0.4) is 0 Å². The molecule has 0 aromatic heterocycles. The van der Waals surface area contributed by atoms with Gasteiger partial charge in [0.25, 0.3) is 0 Å². The smallest absolute Gasteiger partial charge is 0.125 e. The van der Waals surface area contributed by atoms with Gasteiger partial charge in [0.1, 0.15) is 5.82 Å². The minimum Gasteiger partial charge on any atom is -0.393 e. The zero-order valence-corrected chi connectivity index (χ0v) is 12.8. The first kappa shape index (κ1) is 15.9. The summed E-state index contributed by atoms with van der Waals surface area (Å²) < 4.78 is 13.2. The molecule has 1 aromatic carbocycles. The minimum atomic E-state index is -0.195. The third-order valence-electron chi connectivity index (χ3n) is 3.45. The standard InChI is InChI=1S/C15H23FN2S/c1-4-18(13-8-5-7-12(16)11-13)10-6-9-15(2,3)14(17)19/h5,7-8,11H,4,6,9-10H2,1-3H3,(H2,17,19). The molecule has 1 aromatic rings. The second kappa shape index (κ2) is 6.85. The molecule has 0 atom stereocenters. The summed E-state index contributed by atoms with van der Waals surface area (Å²) >= 11 is 5.06. The number of halogens is 1. The zero-order valence-electron chi connectivity index (χ0n) is 11.9. The number of rotatable bonds is 7. The molecule has 0 saturated heterocycles. The van der Waals surface area contributed by atoms with Crippen molar-refractivity contribution in [3.05, 3.63) is 30.1 Å². The van der Waals surface area contributed by atoms with Gasteiger partial charge in [0.05, 0.1) is 4.99 Å². The number of benzene rings is 1. The summed E-state index contributed by atoms with van der Waals surface area (Å²) in [5.74, 6) is -0.195. The topological polar surface area (TPSA) is 29.3 Å². The van der Waals surface area contributed by atoms with Crippen molar-refractivity contribution < 1.29 is 4.39 Å². The van der Waals surface area contributed by atoms with E-state index in [1.54, 1.807) is 12.1 Å². The molecule has 0 heterocycles. The first-order valence-electron chi connectivity index (χ1n) is 6.67. The van der Waals surface area contributed by atoms with E-state index in [1.165, 1.54) is 6.07 Å². The van der Waals surface area contributed by atoms with Crippen LogP contribution in [-0.2, 0) is 0 Å². The van der Waals surface area contributed by atoms with Crippen molar-refractivity contribution >= 4 is 22.9 Å². The average molecular weight is 282 g/mol. The van der Waals surface area contributed by atoms with Crippen molar-refractivity contribution in [1.29, 1.82) is 0 Å². The summed E-state index contributed by atoms with van der Waals surface area (Å²) in [5.41, 5.74) is 6.53. The Bertz CT molecular complexity index is 432. The third kappa shape index (κ3) is 4.78. The van der Waals surface area contributed by atoms with E-state index >= 15 is 0 Å². The van der Waals surface area contributed by atoms with Crippen LogP contribution in [0.4, 0.5) is 10.1 Å². The number of thiocarbonyl (C=S) groups is 1. The van der Waals surface area contributed by atoms with Crippen LogP contribution in [0, 0.1) is 11.2 Å². The molecule has 2 nitrogen and oxygen atoms in total. The summed E-state index contributed by atoms with van der Waals surface area (Å²) in [6.45, 7) is 7.94. The van der Waals surface area contributed by atoms with E-state index in [2.05, 4.69) is 25.7 Å². The number of nitrogens with zero attached hydrogens (tertiary/aromatic N) is 1. The fourth-order valence-corrected chi connectivity index (χ4v) is 2.08. The Kier molecular flexibility index (Phi) is 5.73. The van der Waals surface area contributed by atoms with Gasteiger partial charge < -0.3 is 10.6 Å². The SMILES string of the molecule is CCN(CCCC(C)(C)C(N)=S)c1cccc(F)c1. The van der Waals surface area contributed by atoms with Crippen LogP contribution in [0.5, 0.6) is 0 Å². The Morgan fingerprint density at radius 1 is 1.42 bits per heavy atom. The van der Waals surface area contributed by atoms with Gasteiger partial charge in [-0.15, -0.1) is 0 Å². The largest absolute Gasteiger partial charge is 0.393 e. The van der Waals surface area contributed by atoms with Gasteiger partial charge in [-0.2, -0.15) is 0 Å². The van der Waals surface area contributed by atoms with Gasteiger partial charge in [0.15, 0.2) is 0 Å². The lowest BCUT2D eigenvalue weighted by molar-refractivity contribution is 0.459. The van der Waals surface area contributed by atoms with Crippen molar-refractivity contribution in [1.82, 2.24) is 0 Å². The summed E-state index contributed by atoms with van der Waals surface area (Å²) in [6.07, 6.45) is 1.92. The lowest BCUT2D eigenvalue weighted by atomic mass is 9.88. The van der Waals surface area contributed by atoms with E-state index in [1.807, 2.05) is 6.07 Å². The molecule has 0 radical (unpaired) electrons. The number of hydrogen-bond acceptors (Lipinski definition) is 2. The van der Waals surface area contributed by atoms with Crippen LogP contribution in [0.1, 0.15) is 33.6 Å². The Hall–Kier alpha value is -1.16. The van der Waals surface area contributed by atoms with E-state index in [-0.39, 0.29) is 11.2 Å². The van der Waals surface area contributed by atoms with Gasteiger partial charge in [0, 0.05) is 24.2 Å². The molecule has 0 aliphatic carbocycles. The van der Waals surface area contributed by atoms with Crippen LogP contribution in [0.15, 0.2) is 24.3 Å². The second-order valence-corrected chi connectivity index (χ2v) is 5.85. The number of hydrogen-bond donors (Lipinski definition) is 1. The first-order chi connectivity index (χ1) is 8.86. The molecule has 0 bridgehead atoms. The van der Waals surface area contributed by atoms with Crippen molar-refractivity contribution in [2.75, 3.05) is 18.0 Å². The monoisotopic (exact) mass is 282 g/mol. The molecule has 0 aliphatic rings. The van der Waals surface area contributed by atoms with E-state index < -0.39 is 0 Å². The molecular weight excluding hydrogens is 259 g/mol. The highest BCUT2D eigenvalue weighted by Gasteiger charge is 2.21. The maximum Gasteiger partial charge on any atom is 0.125 e. The summed E-state index contributed by atoms with van der Waals surface area (Å²) in [5, 5.41) is 0. The van der Waals surface area contributed by atoms with E-state index in [9.17, 15) is 4.39 Å². The van der Waals surface area contributed by atoms with Crippen molar-refractivity contribution in [2.45, 2.75) is 33.6 Å². The molecule has 0 spiro atoms. The molecule has 2 N–H and O–H groups in total. The summed E-state index contributed by atoms with van der Waals surface area (Å²) in [6, 6.07) is 6.72.